The summed E-state index contributed by atoms with van der Waals surface area (Å²) in [5, 5.41) is 0. The quantitative estimate of drug-likeness (QED) is 0.838. The summed E-state index contributed by atoms with van der Waals surface area (Å²) in [4.78, 5) is 21.5. The molecule has 2 saturated heterocycles. The molecule has 1 aromatic heterocycles. The van der Waals surface area contributed by atoms with Gasteiger partial charge in [0, 0.05) is 37.4 Å². The van der Waals surface area contributed by atoms with E-state index in [2.05, 4.69) is 21.7 Å². The molecule has 2 atom stereocenters. The molecule has 0 bridgehead atoms. The highest BCUT2D eigenvalue weighted by Gasteiger charge is 2.38. The van der Waals surface area contributed by atoms with Crippen molar-refractivity contribution in [2.24, 2.45) is 0 Å². The van der Waals surface area contributed by atoms with Gasteiger partial charge in [-0.3, -0.25) is 14.7 Å². The molecule has 0 saturated carbocycles. The number of hydrogen-bond donors (Lipinski definition) is 0. The number of pyridine rings is 1. The van der Waals surface area contributed by atoms with Crippen LogP contribution in [-0.2, 0) is 11.2 Å². The molecule has 0 radical (unpaired) electrons. The number of hydrogen-bond acceptors (Lipinski definition) is 3. The van der Waals surface area contributed by atoms with Crippen LogP contribution in [0.5, 0.6) is 0 Å². The maximum Gasteiger partial charge on any atom is 0.223 e. The Balaban J connectivity index is 1.59. The van der Waals surface area contributed by atoms with Crippen molar-refractivity contribution in [3.05, 3.63) is 30.1 Å². The molecule has 0 aliphatic carbocycles. The normalized spacial score (nSPS) is 25.8. The molecule has 3 rings (SSSR count). The molecule has 2 aliphatic rings. The molecule has 0 aromatic carbocycles. The zero-order valence-electron chi connectivity index (χ0n) is 13.6. The van der Waals surface area contributed by atoms with Crippen LogP contribution < -0.4 is 0 Å². The van der Waals surface area contributed by atoms with E-state index < -0.39 is 0 Å². The molecule has 4 heteroatoms. The van der Waals surface area contributed by atoms with Gasteiger partial charge in [0.15, 0.2) is 0 Å². The van der Waals surface area contributed by atoms with Gasteiger partial charge in [0.25, 0.3) is 0 Å². The fourth-order valence-electron chi connectivity index (χ4n) is 4.13. The second kappa shape index (κ2) is 7.23. The van der Waals surface area contributed by atoms with Crippen LogP contribution in [-0.4, -0.2) is 52.4 Å². The number of carbonyl (C=O) groups excluding carboxylic acids is 1. The Morgan fingerprint density at radius 3 is 2.68 bits per heavy atom. The summed E-state index contributed by atoms with van der Waals surface area (Å²) >= 11 is 0. The molecular weight excluding hydrogens is 274 g/mol. The Hall–Kier alpha value is -1.42. The monoisotopic (exact) mass is 301 g/mol. The second-order valence-electron chi connectivity index (χ2n) is 6.49. The number of aryl methyl sites for hydroxylation is 1. The molecule has 3 heterocycles. The summed E-state index contributed by atoms with van der Waals surface area (Å²) in [7, 11) is 0. The minimum atomic E-state index is 0.335. The Labute approximate surface area is 133 Å². The van der Waals surface area contributed by atoms with Crippen molar-refractivity contribution in [2.75, 3.05) is 19.6 Å². The van der Waals surface area contributed by atoms with Gasteiger partial charge in [-0.2, -0.15) is 0 Å². The topological polar surface area (TPSA) is 36.4 Å². The van der Waals surface area contributed by atoms with Crippen molar-refractivity contribution in [1.29, 1.82) is 0 Å². The van der Waals surface area contributed by atoms with Gasteiger partial charge in [-0.1, -0.05) is 6.92 Å². The number of nitrogens with zero attached hydrogens (tertiary/aromatic N) is 3. The van der Waals surface area contributed by atoms with Gasteiger partial charge in [0.1, 0.15) is 0 Å². The fraction of sp³-hybridized carbons (Fsp3) is 0.667. The van der Waals surface area contributed by atoms with Crippen LogP contribution in [0.2, 0.25) is 0 Å². The highest BCUT2D eigenvalue weighted by molar-refractivity contribution is 5.77. The van der Waals surface area contributed by atoms with E-state index >= 15 is 0 Å². The van der Waals surface area contributed by atoms with Crippen LogP contribution in [0.3, 0.4) is 0 Å². The lowest BCUT2D eigenvalue weighted by Gasteiger charge is -2.34. The lowest BCUT2D eigenvalue weighted by Crippen LogP contribution is -2.48. The Morgan fingerprint density at radius 2 is 1.91 bits per heavy atom. The van der Waals surface area contributed by atoms with E-state index in [0.717, 1.165) is 19.5 Å². The number of rotatable bonds is 5. The summed E-state index contributed by atoms with van der Waals surface area (Å²) in [6, 6.07) is 5.06. The fourth-order valence-corrected chi connectivity index (χ4v) is 4.13. The first kappa shape index (κ1) is 15.5. The van der Waals surface area contributed by atoms with Crippen LogP contribution in [0.15, 0.2) is 24.5 Å². The maximum atomic E-state index is 12.7. The number of aromatic nitrogens is 1. The van der Waals surface area contributed by atoms with Gasteiger partial charge < -0.3 is 4.90 Å². The van der Waals surface area contributed by atoms with Crippen molar-refractivity contribution in [1.82, 2.24) is 14.8 Å². The SMILES string of the molecule is CCN1CCC[C@@H]1[C@@H]1CCCN1C(=O)CCc1ccncc1. The van der Waals surface area contributed by atoms with Crippen LogP contribution in [0.25, 0.3) is 0 Å². The van der Waals surface area contributed by atoms with E-state index in [1.807, 2.05) is 12.1 Å². The van der Waals surface area contributed by atoms with Gasteiger partial charge in [-0.15, -0.1) is 0 Å². The standard InChI is InChI=1S/C18H27N3O/c1-2-20-13-3-5-16(20)17-6-4-14-21(17)18(22)8-7-15-9-11-19-12-10-15/h9-12,16-17H,2-8,13-14H2,1H3/t16-,17+/m1/s1. The second-order valence-corrected chi connectivity index (χ2v) is 6.49. The van der Waals surface area contributed by atoms with Crippen molar-refractivity contribution in [2.45, 2.75) is 57.5 Å². The molecule has 1 amide bonds. The lowest BCUT2D eigenvalue weighted by atomic mass is 10.0. The molecule has 0 N–H and O–H groups in total. The molecule has 2 aliphatic heterocycles. The molecule has 2 fully saturated rings. The van der Waals surface area contributed by atoms with Crippen molar-refractivity contribution >= 4 is 5.91 Å². The predicted molar refractivity (Wildman–Crippen MR) is 87.6 cm³/mol. The first-order chi connectivity index (χ1) is 10.8. The van der Waals surface area contributed by atoms with Crippen molar-refractivity contribution < 1.29 is 4.79 Å². The van der Waals surface area contributed by atoms with Crippen LogP contribution in [0.4, 0.5) is 0 Å². The van der Waals surface area contributed by atoms with Crippen molar-refractivity contribution in [3.63, 3.8) is 0 Å². The summed E-state index contributed by atoms with van der Waals surface area (Å²) in [6.07, 6.45) is 9.95. The van der Waals surface area contributed by atoms with E-state index in [4.69, 9.17) is 0 Å². The average molecular weight is 301 g/mol. The number of carbonyl (C=O) groups is 1. The predicted octanol–water partition coefficient (Wildman–Crippen LogP) is 2.49. The van der Waals surface area contributed by atoms with E-state index in [9.17, 15) is 4.79 Å². The molecule has 0 spiro atoms. The Kier molecular flexibility index (Phi) is 5.08. The van der Waals surface area contributed by atoms with Crippen LogP contribution >= 0.6 is 0 Å². The van der Waals surface area contributed by atoms with E-state index in [-0.39, 0.29) is 0 Å². The molecule has 4 nitrogen and oxygen atoms in total. The maximum absolute atomic E-state index is 12.7. The summed E-state index contributed by atoms with van der Waals surface area (Å²) in [6.45, 7) is 5.51. The number of amides is 1. The Bertz CT molecular complexity index is 490. The van der Waals surface area contributed by atoms with E-state index in [1.165, 1.54) is 37.8 Å². The summed E-state index contributed by atoms with van der Waals surface area (Å²) in [5.41, 5.74) is 1.20. The highest BCUT2D eigenvalue weighted by atomic mass is 16.2. The number of likely N-dealkylation sites (N-methyl/N-ethyl adjacent to an activating group) is 1. The zero-order valence-corrected chi connectivity index (χ0v) is 13.6. The van der Waals surface area contributed by atoms with E-state index in [0.29, 0.717) is 24.4 Å². The number of likely N-dealkylation sites (tertiary alicyclic amines) is 2. The zero-order chi connectivity index (χ0) is 15.4. The van der Waals surface area contributed by atoms with Gasteiger partial charge in [0.2, 0.25) is 5.91 Å². The lowest BCUT2D eigenvalue weighted by molar-refractivity contribution is -0.133. The smallest absolute Gasteiger partial charge is 0.223 e. The highest BCUT2D eigenvalue weighted by Crippen LogP contribution is 2.30. The van der Waals surface area contributed by atoms with Crippen LogP contribution in [0.1, 0.15) is 44.6 Å². The third-order valence-electron chi connectivity index (χ3n) is 5.26. The van der Waals surface area contributed by atoms with E-state index in [1.54, 1.807) is 12.4 Å². The molecule has 0 unspecified atom stereocenters. The largest absolute Gasteiger partial charge is 0.338 e. The minimum Gasteiger partial charge on any atom is -0.338 e. The van der Waals surface area contributed by atoms with Gasteiger partial charge in [0.05, 0.1) is 0 Å². The third kappa shape index (κ3) is 3.32. The first-order valence-corrected chi connectivity index (χ1v) is 8.72. The third-order valence-corrected chi connectivity index (χ3v) is 5.26. The minimum absolute atomic E-state index is 0.335. The molecule has 1 aromatic rings. The summed E-state index contributed by atoms with van der Waals surface area (Å²) in [5.74, 6) is 0.335. The molecule has 120 valence electrons. The average Bonchev–Trinajstić information content (AvgIpc) is 3.21. The molecule has 22 heavy (non-hydrogen) atoms. The van der Waals surface area contributed by atoms with Gasteiger partial charge in [-0.05, 0) is 62.9 Å². The van der Waals surface area contributed by atoms with Gasteiger partial charge in [-0.25, -0.2) is 0 Å². The Morgan fingerprint density at radius 1 is 1.18 bits per heavy atom. The molecular formula is C18H27N3O. The summed E-state index contributed by atoms with van der Waals surface area (Å²) < 4.78 is 0. The first-order valence-electron chi connectivity index (χ1n) is 8.72. The van der Waals surface area contributed by atoms with Crippen LogP contribution in [0, 0.1) is 0 Å². The van der Waals surface area contributed by atoms with Gasteiger partial charge >= 0.3 is 0 Å². The van der Waals surface area contributed by atoms with Crippen molar-refractivity contribution in [3.8, 4) is 0 Å².